The van der Waals surface area contributed by atoms with E-state index >= 15 is 0 Å². The van der Waals surface area contributed by atoms with Crippen LogP contribution in [0.15, 0.2) is 35.3 Å². The van der Waals surface area contributed by atoms with E-state index in [9.17, 15) is 18.0 Å². The fraction of sp³-hybridized carbons (Fsp3) is 0.455. The van der Waals surface area contributed by atoms with E-state index in [4.69, 9.17) is 9.72 Å². The van der Waals surface area contributed by atoms with Crippen LogP contribution in [0.2, 0.25) is 0 Å². The largest absolute Gasteiger partial charge is 0.522 e. The normalized spacial score (nSPS) is 19.0. The van der Waals surface area contributed by atoms with E-state index in [1.807, 2.05) is 28.8 Å². The van der Waals surface area contributed by atoms with Crippen LogP contribution in [-0.4, -0.2) is 40.3 Å². The molecule has 0 unspecified atom stereocenters. The molecule has 9 heteroatoms. The first kappa shape index (κ1) is 21.6. The number of hydrogen-bond donors (Lipinski definition) is 0. The van der Waals surface area contributed by atoms with Gasteiger partial charge >= 0.3 is 6.36 Å². The van der Waals surface area contributed by atoms with Crippen molar-refractivity contribution < 1.29 is 22.6 Å². The van der Waals surface area contributed by atoms with E-state index in [-0.39, 0.29) is 24.1 Å². The van der Waals surface area contributed by atoms with Crippen molar-refractivity contribution >= 4 is 11.0 Å². The Morgan fingerprint density at radius 1 is 1.19 bits per heavy atom. The fourth-order valence-corrected chi connectivity index (χ4v) is 4.12. The highest BCUT2D eigenvalue weighted by molar-refractivity contribution is 5.82. The Morgan fingerprint density at radius 2 is 1.94 bits per heavy atom. The van der Waals surface area contributed by atoms with Crippen LogP contribution in [0.4, 0.5) is 13.2 Å². The number of hydrogen-bond acceptors (Lipinski definition) is 4. The molecule has 0 aliphatic heterocycles. The Morgan fingerprint density at radius 3 is 2.58 bits per heavy atom. The summed E-state index contributed by atoms with van der Waals surface area (Å²) in [4.78, 5) is 16.7. The summed E-state index contributed by atoms with van der Waals surface area (Å²) in [5.41, 5.74) is 3.72. The molecule has 1 aromatic carbocycles. The monoisotopic (exact) mass is 435 g/mol. The van der Waals surface area contributed by atoms with Gasteiger partial charge in [0.05, 0.1) is 23.7 Å². The first-order valence-electron chi connectivity index (χ1n) is 10.1. The van der Waals surface area contributed by atoms with Crippen LogP contribution in [0, 0.1) is 6.92 Å². The van der Waals surface area contributed by atoms with Crippen molar-refractivity contribution in [2.45, 2.75) is 44.7 Å². The van der Waals surface area contributed by atoms with Gasteiger partial charge in [-0.1, -0.05) is 6.07 Å². The predicted octanol–water partition coefficient (Wildman–Crippen LogP) is 4.14. The maximum atomic E-state index is 12.5. The zero-order valence-electron chi connectivity index (χ0n) is 17.6. The molecule has 4 rings (SSSR count). The van der Waals surface area contributed by atoms with Gasteiger partial charge in [0.25, 0.3) is 5.56 Å². The summed E-state index contributed by atoms with van der Waals surface area (Å²) in [6.45, 7) is 1.30. The lowest BCUT2D eigenvalue weighted by molar-refractivity contribution is -0.325. The SMILES string of the molecule is CO[C@H]1C[C@H](c2nc3ccc(-c4cc(C)c(=O)n(C)c4)cc3n2CCOC(F)(F)F)C1. The van der Waals surface area contributed by atoms with Gasteiger partial charge in [-0.3, -0.25) is 9.53 Å². The van der Waals surface area contributed by atoms with Crippen molar-refractivity contribution in [1.82, 2.24) is 14.1 Å². The van der Waals surface area contributed by atoms with Gasteiger partial charge in [0, 0.05) is 38.4 Å². The molecule has 1 aliphatic carbocycles. The van der Waals surface area contributed by atoms with E-state index in [1.54, 1.807) is 27.3 Å². The van der Waals surface area contributed by atoms with Crippen molar-refractivity contribution in [2.24, 2.45) is 7.05 Å². The molecule has 1 fully saturated rings. The number of rotatable bonds is 6. The van der Waals surface area contributed by atoms with Gasteiger partial charge in [-0.2, -0.15) is 0 Å². The van der Waals surface area contributed by atoms with Gasteiger partial charge < -0.3 is 13.9 Å². The first-order chi connectivity index (χ1) is 14.7. The Labute approximate surface area is 177 Å². The number of alkyl halides is 3. The van der Waals surface area contributed by atoms with E-state index in [0.29, 0.717) is 11.1 Å². The zero-order chi connectivity index (χ0) is 22.3. The second kappa shape index (κ2) is 8.12. The highest BCUT2D eigenvalue weighted by Gasteiger charge is 2.34. The second-order valence-corrected chi connectivity index (χ2v) is 7.97. The Hall–Kier alpha value is -2.65. The molecule has 0 bridgehead atoms. The molecule has 0 N–H and O–H groups in total. The highest BCUT2D eigenvalue weighted by Crippen LogP contribution is 2.39. The van der Waals surface area contributed by atoms with Crippen LogP contribution >= 0.6 is 0 Å². The number of fused-ring (bicyclic) bond motifs is 1. The number of imidazole rings is 1. The van der Waals surface area contributed by atoms with Gasteiger partial charge in [0.15, 0.2) is 0 Å². The van der Waals surface area contributed by atoms with Crippen LogP contribution in [-0.2, 0) is 23.1 Å². The molecular formula is C22H24F3N3O3. The van der Waals surface area contributed by atoms with E-state index in [0.717, 1.165) is 35.3 Å². The van der Waals surface area contributed by atoms with E-state index < -0.39 is 13.0 Å². The zero-order valence-corrected chi connectivity index (χ0v) is 17.6. The number of aryl methyl sites for hydroxylation is 2. The van der Waals surface area contributed by atoms with Gasteiger partial charge in [-0.25, -0.2) is 4.98 Å². The highest BCUT2D eigenvalue weighted by atomic mass is 19.4. The minimum atomic E-state index is -4.67. The Balaban J connectivity index is 1.74. The summed E-state index contributed by atoms with van der Waals surface area (Å²) in [7, 11) is 3.35. The standard InChI is InChI=1S/C22H24F3N3O3/c1-13-8-16(12-27(2)21(13)29)14-4-5-18-19(11-14)28(6-7-31-22(23,24)25)20(26-18)15-9-17(10-15)30-3/h4-5,8,11-12,15,17H,6-7,9-10H2,1-3H3/t15-,17-. The molecular weight excluding hydrogens is 411 g/mol. The summed E-state index contributed by atoms with van der Waals surface area (Å²) in [6, 6.07) is 7.49. The third-order valence-electron chi connectivity index (χ3n) is 5.85. The van der Waals surface area contributed by atoms with Crippen molar-refractivity contribution in [1.29, 1.82) is 0 Å². The summed E-state index contributed by atoms with van der Waals surface area (Å²) in [5.74, 6) is 0.884. The molecule has 2 aromatic heterocycles. The number of pyridine rings is 1. The molecule has 3 aromatic rings. The average molecular weight is 435 g/mol. The Bertz CT molecular complexity index is 1130. The van der Waals surface area contributed by atoms with Crippen molar-refractivity contribution in [3.05, 3.63) is 52.2 Å². The van der Waals surface area contributed by atoms with Crippen molar-refractivity contribution in [3.8, 4) is 11.1 Å². The lowest BCUT2D eigenvalue weighted by atomic mass is 9.81. The summed E-state index contributed by atoms with van der Waals surface area (Å²) >= 11 is 0. The number of aromatic nitrogens is 3. The molecule has 166 valence electrons. The first-order valence-corrected chi connectivity index (χ1v) is 10.1. The average Bonchev–Trinajstić information content (AvgIpc) is 3.01. The maximum absolute atomic E-state index is 12.5. The molecule has 0 saturated heterocycles. The van der Waals surface area contributed by atoms with Crippen molar-refractivity contribution in [3.63, 3.8) is 0 Å². The molecule has 1 saturated carbocycles. The second-order valence-electron chi connectivity index (χ2n) is 7.97. The third kappa shape index (κ3) is 4.38. The third-order valence-corrected chi connectivity index (χ3v) is 5.85. The van der Waals surface area contributed by atoms with Gasteiger partial charge in [0.1, 0.15) is 5.82 Å². The van der Waals surface area contributed by atoms with Crippen LogP contribution in [0.25, 0.3) is 22.2 Å². The smallest absolute Gasteiger partial charge is 0.381 e. The number of halogens is 3. The molecule has 0 amide bonds. The van der Waals surface area contributed by atoms with Crippen LogP contribution in [0.5, 0.6) is 0 Å². The molecule has 0 spiro atoms. The number of nitrogens with zero attached hydrogens (tertiary/aromatic N) is 3. The van der Waals surface area contributed by atoms with E-state index in [1.165, 1.54) is 4.57 Å². The van der Waals surface area contributed by atoms with Crippen LogP contribution in [0.3, 0.4) is 0 Å². The van der Waals surface area contributed by atoms with Crippen LogP contribution in [0.1, 0.15) is 30.1 Å². The number of benzene rings is 1. The molecule has 0 radical (unpaired) electrons. The fourth-order valence-electron chi connectivity index (χ4n) is 4.12. The molecule has 6 nitrogen and oxygen atoms in total. The maximum Gasteiger partial charge on any atom is 0.522 e. The summed E-state index contributed by atoms with van der Waals surface area (Å²) < 4.78 is 50.3. The molecule has 0 atom stereocenters. The molecule has 2 heterocycles. The van der Waals surface area contributed by atoms with E-state index in [2.05, 4.69) is 4.74 Å². The molecule has 31 heavy (non-hydrogen) atoms. The minimum absolute atomic E-state index is 0.0370. The van der Waals surface area contributed by atoms with Gasteiger partial charge in [-0.05, 0) is 49.1 Å². The van der Waals surface area contributed by atoms with Crippen molar-refractivity contribution in [2.75, 3.05) is 13.7 Å². The van der Waals surface area contributed by atoms with Gasteiger partial charge in [-0.15, -0.1) is 13.2 Å². The molecule has 1 aliphatic rings. The van der Waals surface area contributed by atoms with Crippen LogP contribution < -0.4 is 5.56 Å². The van der Waals surface area contributed by atoms with Gasteiger partial charge in [0.2, 0.25) is 0 Å². The quantitative estimate of drug-likeness (QED) is 0.584. The summed E-state index contributed by atoms with van der Waals surface area (Å²) in [6.07, 6.45) is -1.21. The topological polar surface area (TPSA) is 58.3 Å². The minimum Gasteiger partial charge on any atom is -0.381 e. The lowest BCUT2D eigenvalue weighted by Gasteiger charge is -2.33. The Kier molecular flexibility index (Phi) is 5.65. The predicted molar refractivity (Wildman–Crippen MR) is 110 cm³/mol. The number of methoxy groups -OCH3 is 1. The summed E-state index contributed by atoms with van der Waals surface area (Å²) in [5, 5.41) is 0. The lowest BCUT2D eigenvalue weighted by Crippen LogP contribution is -2.31. The number of ether oxygens (including phenoxy) is 2.